The summed E-state index contributed by atoms with van der Waals surface area (Å²) < 4.78 is 56.2. The fraction of sp³-hybridized carbons (Fsp3) is 0.333. The van der Waals surface area contributed by atoms with Gasteiger partial charge in [0, 0.05) is 114 Å². The van der Waals surface area contributed by atoms with Gasteiger partial charge < -0.3 is 50.9 Å². The summed E-state index contributed by atoms with van der Waals surface area (Å²) in [6.45, 7) is 21.0. The zero-order valence-corrected chi connectivity index (χ0v) is 63.8. The molecular weight excluding hydrogens is 1470 g/mol. The minimum atomic E-state index is -4.63. The van der Waals surface area contributed by atoms with E-state index >= 15 is 0 Å². The second-order valence-corrected chi connectivity index (χ2v) is 32.7. The van der Waals surface area contributed by atoms with Crippen molar-refractivity contribution >= 4 is 131 Å². The van der Waals surface area contributed by atoms with Crippen molar-refractivity contribution in [2.75, 3.05) is 58.1 Å². The highest BCUT2D eigenvalue weighted by Crippen LogP contribution is 2.41. The van der Waals surface area contributed by atoms with E-state index in [0.717, 1.165) is 126 Å². The SMILES string of the molecule is C=CC(=O)Nc1ccc(C(=O)N2CCC[C@@H](Nc3ncc(SCc4ccccn4)s3)C2)cc1.C=CC(=O)Nc1ccc(C(=O)N2CCC[C@@H](Nc3ncc(SCc4cnc(C)nc4)s3)C2)cc1.C=CC(=O)Nc1ccc(O[C@@H]2CCC[C@@H](Nc3ncc(SCc4ncc(C(C)(C)C)o4)s3)C2)c(C(F)(F)F)c1. The Labute approximate surface area is 638 Å². The molecule has 6 N–H and O–H groups in total. The van der Waals surface area contributed by atoms with E-state index in [1.54, 1.807) is 125 Å². The van der Waals surface area contributed by atoms with Gasteiger partial charge in [0.25, 0.3) is 11.8 Å². The van der Waals surface area contributed by atoms with Crippen LogP contribution in [0.5, 0.6) is 5.75 Å². The van der Waals surface area contributed by atoms with E-state index in [2.05, 4.69) is 107 Å². The van der Waals surface area contributed by atoms with Crippen LogP contribution in [-0.2, 0) is 43.2 Å². The van der Waals surface area contributed by atoms with Gasteiger partial charge in [0.1, 0.15) is 23.4 Å². The summed E-state index contributed by atoms with van der Waals surface area (Å²) >= 11 is 9.79. The van der Waals surface area contributed by atoms with Gasteiger partial charge in [-0.25, -0.2) is 29.9 Å². The van der Waals surface area contributed by atoms with Crippen molar-refractivity contribution < 1.29 is 46.3 Å². The lowest BCUT2D eigenvalue weighted by Crippen LogP contribution is -2.45. The standard InChI is InChI=1S/C27H31F3N4O3S2.C24H26N6O2S2.C24H25N5O2S2/c1-5-22(35)33-17-9-10-20(19(12-17)27(28,29)30)36-18-8-6-7-16(11-18)34-25-32-14-24(39-25)38-15-23-31-13-21(37-23)26(2,3)4;1-3-21(31)28-19-8-6-18(7-9-19)23(32)30-10-4-5-20(14-30)29-24-27-13-22(34-24)33-15-17-11-25-16(2)26-12-17;1-2-21(30)27-18-10-8-17(9-11-18)23(31)29-13-5-7-19(15-29)28-24-26-14-22(33-24)32-16-20-6-3-4-12-25-20/h5,9-10,12-14,16,18H,1,6-8,11,15H2,2-4H3,(H,32,34)(H,33,35);3,6-9,11-13,20H,1,4-5,10,14-15H2,2H3,(H,27,29)(H,28,31);2-4,6,8-12,14,19H,1,5,7,13,15-16H2,(H,26,28)(H,27,30)/t16-,18-;20-;19-/m111/s1. The number of hydrogen-bond acceptors (Lipinski definition) is 23. The number of halogens is 3. The molecule has 2 aliphatic heterocycles. The summed E-state index contributed by atoms with van der Waals surface area (Å²) in [5, 5.41) is 20.6. The molecule has 0 bridgehead atoms. The topological polar surface area (TPSA) is 277 Å². The number of carbonyl (C=O) groups is 5. The van der Waals surface area contributed by atoms with Gasteiger partial charge in [-0.05, 0) is 155 Å². The fourth-order valence-corrected chi connectivity index (χ4v) is 16.8. The monoisotopic (exact) mass is 1550 g/mol. The predicted octanol–water partition coefficient (Wildman–Crippen LogP) is 16.7. The van der Waals surface area contributed by atoms with E-state index in [4.69, 9.17) is 9.15 Å². The number of nitrogens with zero attached hydrogens (tertiary/aromatic N) is 9. The number of alkyl halides is 3. The first kappa shape index (κ1) is 79.2. The summed E-state index contributed by atoms with van der Waals surface area (Å²) in [5.41, 5.74) is 3.60. The molecule has 22 nitrogen and oxygen atoms in total. The molecule has 31 heteroatoms. The zero-order valence-electron chi connectivity index (χ0n) is 58.9. The number of hydrogen-bond donors (Lipinski definition) is 6. The molecule has 9 aromatic rings. The van der Waals surface area contributed by atoms with Crippen LogP contribution in [0.4, 0.5) is 45.6 Å². The van der Waals surface area contributed by atoms with Crippen LogP contribution in [0.25, 0.3) is 0 Å². The molecule has 0 unspecified atom stereocenters. The maximum atomic E-state index is 13.7. The number of anilines is 6. The summed E-state index contributed by atoms with van der Waals surface area (Å²) in [6, 6.07) is 23.7. The minimum absolute atomic E-state index is 0.00570. The van der Waals surface area contributed by atoms with E-state index < -0.39 is 17.6 Å². The van der Waals surface area contributed by atoms with Gasteiger partial charge in [0.05, 0.1) is 54.4 Å². The number of amides is 5. The smallest absolute Gasteiger partial charge is 0.420 e. The number of piperidine rings is 2. The molecule has 0 radical (unpaired) electrons. The molecule has 556 valence electrons. The lowest BCUT2D eigenvalue weighted by molar-refractivity contribution is -0.139. The van der Waals surface area contributed by atoms with Crippen LogP contribution in [0.15, 0.2) is 183 Å². The summed E-state index contributed by atoms with van der Waals surface area (Å²) in [5.74, 6) is 3.06. The third kappa shape index (κ3) is 24.3. The Bertz CT molecular complexity index is 4440. The fourth-order valence-electron chi connectivity index (χ4n) is 11.2. The Hall–Kier alpha value is -9.40. The van der Waals surface area contributed by atoms with Crippen molar-refractivity contribution in [2.45, 2.75) is 145 Å². The number of aryl methyl sites for hydroxylation is 1. The van der Waals surface area contributed by atoms with Crippen molar-refractivity contribution in [3.05, 3.63) is 212 Å². The lowest BCUT2D eigenvalue weighted by Gasteiger charge is -2.33. The molecule has 3 aliphatic rings. The van der Waals surface area contributed by atoms with Crippen molar-refractivity contribution in [3.8, 4) is 5.75 Å². The molecule has 12 rings (SSSR count). The molecule has 2 saturated heterocycles. The molecule has 1 aliphatic carbocycles. The Kier molecular flexibility index (Phi) is 28.6. The Balaban J connectivity index is 0.000000171. The van der Waals surface area contributed by atoms with Gasteiger partial charge in [-0.2, -0.15) is 13.2 Å². The van der Waals surface area contributed by atoms with Crippen molar-refractivity contribution in [3.63, 3.8) is 0 Å². The first-order chi connectivity index (χ1) is 51.0. The first-order valence-corrected chi connectivity index (χ1v) is 39.6. The van der Waals surface area contributed by atoms with Crippen LogP contribution < -0.4 is 36.6 Å². The largest absolute Gasteiger partial charge is 0.490 e. The molecule has 6 aromatic heterocycles. The summed E-state index contributed by atoms with van der Waals surface area (Å²) in [6.07, 6.45) is 18.0. The Morgan fingerprint density at radius 1 is 0.575 bits per heavy atom. The van der Waals surface area contributed by atoms with Crippen LogP contribution in [-0.4, -0.2) is 125 Å². The number of thiazole rings is 3. The van der Waals surface area contributed by atoms with Gasteiger partial charge in [-0.15, -0.1) is 35.3 Å². The third-order valence-corrected chi connectivity index (χ3v) is 23.1. The van der Waals surface area contributed by atoms with E-state index in [1.807, 2.05) is 59.7 Å². The second-order valence-electron chi connectivity index (χ2n) is 25.8. The zero-order chi connectivity index (χ0) is 75.2. The van der Waals surface area contributed by atoms with Crippen LogP contribution in [0, 0.1) is 6.92 Å². The molecule has 4 atom stereocenters. The molecule has 3 aromatic carbocycles. The average molecular weight is 1550 g/mol. The van der Waals surface area contributed by atoms with Gasteiger partial charge in [-0.1, -0.05) is 80.6 Å². The van der Waals surface area contributed by atoms with Crippen LogP contribution in [0.3, 0.4) is 0 Å². The number of benzene rings is 3. The number of oxazole rings is 1. The molecule has 8 heterocycles. The van der Waals surface area contributed by atoms with Gasteiger partial charge in [0.2, 0.25) is 23.6 Å². The van der Waals surface area contributed by atoms with E-state index in [1.165, 1.54) is 35.6 Å². The van der Waals surface area contributed by atoms with E-state index in [-0.39, 0.29) is 64.7 Å². The molecule has 3 fully saturated rings. The van der Waals surface area contributed by atoms with Crippen molar-refractivity contribution in [1.82, 2.24) is 44.7 Å². The highest BCUT2D eigenvalue weighted by molar-refractivity contribution is 8.01. The van der Waals surface area contributed by atoms with Crippen LogP contribution >= 0.6 is 69.3 Å². The molecule has 5 amide bonds. The number of ether oxygens (including phenoxy) is 1. The highest BCUT2D eigenvalue weighted by Gasteiger charge is 2.37. The highest BCUT2D eigenvalue weighted by atomic mass is 32.2. The van der Waals surface area contributed by atoms with Crippen molar-refractivity contribution in [2.24, 2.45) is 0 Å². The number of carbonyl (C=O) groups excluding carboxylic acids is 5. The van der Waals surface area contributed by atoms with Crippen molar-refractivity contribution in [1.29, 1.82) is 0 Å². The van der Waals surface area contributed by atoms with E-state index in [0.29, 0.717) is 60.1 Å². The lowest BCUT2D eigenvalue weighted by atomic mass is 9.93. The number of rotatable bonds is 25. The molecule has 0 spiro atoms. The molecule has 1 saturated carbocycles. The van der Waals surface area contributed by atoms with Gasteiger partial charge in [-0.3, -0.25) is 29.0 Å². The molecular formula is C75H82F3N15O7S6. The second kappa shape index (κ2) is 38.2. The summed E-state index contributed by atoms with van der Waals surface area (Å²) in [4.78, 5) is 94.8. The van der Waals surface area contributed by atoms with Crippen LogP contribution in [0.1, 0.15) is 127 Å². The normalized spacial score (nSPS) is 16.5. The predicted molar refractivity (Wildman–Crippen MR) is 417 cm³/mol. The maximum absolute atomic E-state index is 13.7. The van der Waals surface area contributed by atoms with Crippen LogP contribution in [0.2, 0.25) is 0 Å². The minimum Gasteiger partial charge on any atom is -0.490 e. The molecule has 106 heavy (non-hydrogen) atoms. The number of thioether (sulfide) groups is 3. The first-order valence-electron chi connectivity index (χ1n) is 34.2. The average Bonchev–Trinajstić information content (AvgIpc) is 0.896. The Morgan fingerprint density at radius 3 is 1.56 bits per heavy atom. The number of pyridine rings is 1. The Morgan fingerprint density at radius 2 is 1.07 bits per heavy atom. The maximum Gasteiger partial charge on any atom is 0.420 e. The van der Waals surface area contributed by atoms with Gasteiger partial charge in [0.15, 0.2) is 15.4 Å². The van der Waals surface area contributed by atoms with Gasteiger partial charge >= 0.3 is 6.18 Å². The number of likely N-dealkylation sites (tertiary alicyclic amines) is 2. The van der Waals surface area contributed by atoms with E-state index in [9.17, 15) is 37.1 Å². The number of aromatic nitrogens is 7. The quantitative estimate of drug-likeness (QED) is 0.0229. The third-order valence-electron chi connectivity index (χ3n) is 16.6. The number of nitrogens with one attached hydrogen (secondary N) is 6. The summed E-state index contributed by atoms with van der Waals surface area (Å²) in [7, 11) is 0.